The third-order valence-electron chi connectivity index (χ3n) is 3.79. The smallest absolute Gasteiger partial charge is 0.165 e. The molecule has 0 aromatic carbocycles. The molecule has 1 heterocycles. The van der Waals surface area contributed by atoms with E-state index >= 15 is 0 Å². The number of rotatable bonds is 4. The first-order valence-electron chi connectivity index (χ1n) is 6.31. The summed E-state index contributed by atoms with van der Waals surface area (Å²) in [5.74, 6) is 1.04. The first kappa shape index (κ1) is 10.2. The van der Waals surface area contributed by atoms with Crippen LogP contribution in [0.15, 0.2) is 0 Å². The molecule has 16 heavy (non-hydrogen) atoms. The molecular formula is C11H19N5. The molecule has 0 unspecified atom stereocenters. The Morgan fingerprint density at radius 2 is 2.00 bits per heavy atom. The SMILES string of the molecule is CN(Cc1nnnn1C1CC1)C1CCCC1. The highest BCUT2D eigenvalue weighted by molar-refractivity contribution is 4.91. The van der Waals surface area contributed by atoms with Crippen molar-refractivity contribution in [1.82, 2.24) is 25.1 Å². The van der Waals surface area contributed by atoms with Crippen molar-refractivity contribution in [2.75, 3.05) is 7.05 Å². The van der Waals surface area contributed by atoms with Crippen LogP contribution in [0.2, 0.25) is 0 Å². The minimum absolute atomic E-state index is 0.585. The predicted octanol–water partition coefficient (Wildman–Crippen LogP) is 1.38. The van der Waals surface area contributed by atoms with Gasteiger partial charge in [-0.3, -0.25) is 4.90 Å². The predicted molar refractivity (Wildman–Crippen MR) is 59.8 cm³/mol. The average molecular weight is 221 g/mol. The van der Waals surface area contributed by atoms with Gasteiger partial charge in [-0.2, -0.15) is 0 Å². The van der Waals surface area contributed by atoms with Gasteiger partial charge < -0.3 is 0 Å². The lowest BCUT2D eigenvalue weighted by Crippen LogP contribution is -2.30. The van der Waals surface area contributed by atoms with Crippen LogP contribution in [0, 0.1) is 0 Å². The molecule has 2 fully saturated rings. The highest BCUT2D eigenvalue weighted by Gasteiger charge is 2.29. The molecule has 0 saturated heterocycles. The summed E-state index contributed by atoms with van der Waals surface area (Å²) in [6.07, 6.45) is 7.91. The van der Waals surface area contributed by atoms with E-state index in [-0.39, 0.29) is 0 Å². The lowest BCUT2D eigenvalue weighted by atomic mass is 10.2. The second-order valence-corrected chi connectivity index (χ2v) is 5.12. The van der Waals surface area contributed by atoms with E-state index in [1.165, 1.54) is 38.5 Å². The number of hydrogen-bond donors (Lipinski definition) is 0. The van der Waals surface area contributed by atoms with Gasteiger partial charge in [0.15, 0.2) is 5.82 Å². The monoisotopic (exact) mass is 221 g/mol. The van der Waals surface area contributed by atoms with Gasteiger partial charge in [0, 0.05) is 6.04 Å². The molecule has 88 valence electrons. The van der Waals surface area contributed by atoms with Gasteiger partial charge >= 0.3 is 0 Å². The Bertz CT molecular complexity index is 351. The van der Waals surface area contributed by atoms with Crippen molar-refractivity contribution in [1.29, 1.82) is 0 Å². The normalized spacial score (nSPS) is 22.1. The fraction of sp³-hybridized carbons (Fsp3) is 0.909. The molecular weight excluding hydrogens is 202 g/mol. The summed E-state index contributed by atoms with van der Waals surface area (Å²) in [5, 5.41) is 12.0. The minimum atomic E-state index is 0.585. The van der Waals surface area contributed by atoms with E-state index < -0.39 is 0 Å². The summed E-state index contributed by atoms with van der Waals surface area (Å²) in [5.41, 5.74) is 0. The largest absolute Gasteiger partial charge is 0.296 e. The van der Waals surface area contributed by atoms with Crippen molar-refractivity contribution in [3.63, 3.8) is 0 Å². The average Bonchev–Trinajstić information content (AvgIpc) is 2.83. The molecule has 0 spiro atoms. The third kappa shape index (κ3) is 1.96. The third-order valence-corrected chi connectivity index (χ3v) is 3.79. The van der Waals surface area contributed by atoms with Crippen LogP contribution < -0.4 is 0 Å². The Hall–Kier alpha value is -0.970. The molecule has 2 aliphatic rings. The van der Waals surface area contributed by atoms with E-state index in [4.69, 9.17) is 0 Å². The Labute approximate surface area is 95.8 Å². The number of aromatic nitrogens is 4. The highest BCUT2D eigenvalue weighted by atomic mass is 15.6. The van der Waals surface area contributed by atoms with Crippen LogP contribution in [0.3, 0.4) is 0 Å². The van der Waals surface area contributed by atoms with Gasteiger partial charge in [0.2, 0.25) is 0 Å². The maximum absolute atomic E-state index is 4.15. The van der Waals surface area contributed by atoms with Crippen molar-refractivity contribution in [3.8, 4) is 0 Å². The minimum Gasteiger partial charge on any atom is -0.296 e. The lowest BCUT2D eigenvalue weighted by Gasteiger charge is -2.23. The van der Waals surface area contributed by atoms with E-state index in [0.29, 0.717) is 6.04 Å². The van der Waals surface area contributed by atoms with E-state index in [1.807, 2.05) is 4.68 Å². The van der Waals surface area contributed by atoms with Gasteiger partial charge in [0.25, 0.3) is 0 Å². The quantitative estimate of drug-likeness (QED) is 0.770. The zero-order valence-electron chi connectivity index (χ0n) is 9.84. The molecule has 1 aromatic heterocycles. The summed E-state index contributed by atoms with van der Waals surface area (Å²) < 4.78 is 2.02. The number of hydrogen-bond acceptors (Lipinski definition) is 4. The zero-order valence-corrected chi connectivity index (χ0v) is 9.84. The van der Waals surface area contributed by atoms with Crippen molar-refractivity contribution in [2.24, 2.45) is 0 Å². The molecule has 2 aliphatic carbocycles. The fourth-order valence-electron chi connectivity index (χ4n) is 2.62. The molecule has 5 nitrogen and oxygen atoms in total. The van der Waals surface area contributed by atoms with Crippen LogP contribution >= 0.6 is 0 Å². The Morgan fingerprint density at radius 3 is 2.69 bits per heavy atom. The topological polar surface area (TPSA) is 46.8 Å². The van der Waals surface area contributed by atoms with Gasteiger partial charge in [-0.05, 0) is 43.2 Å². The van der Waals surface area contributed by atoms with Crippen LogP contribution in [0.5, 0.6) is 0 Å². The first-order chi connectivity index (χ1) is 7.84. The van der Waals surface area contributed by atoms with Crippen molar-refractivity contribution in [2.45, 2.75) is 57.2 Å². The van der Waals surface area contributed by atoms with Crippen LogP contribution in [0.1, 0.15) is 50.4 Å². The highest BCUT2D eigenvalue weighted by Crippen LogP contribution is 2.34. The molecule has 0 aliphatic heterocycles. The molecule has 0 N–H and O–H groups in total. The van der Waals surface area contributed by atoms with Crippen LogP contribution in [-0.2, 0) is 6.54 Å². The molecule has 0 atom stereocenters. The maximum atomic E-state index is 4.15. The van der Waals surface area contributed by atoms with Crippen molar-refractivity contribution < 1.29 is 0 Å². The fourth-order valence-corrected chi connectivity index (χ4v) is 2.62. The van der Waals surface area contributed by atoms with Crippen molar-refractivity contribution >= 4 is 0 Å². The van der Waals surface area contributed by atoms with Crippen LogP contribution in [0.4, 0.5) is 0 Å². The molecule has 1 aromatic rings. The Kier molecular flexibility index (Phi) is 2.63. The molecule has 0 bridgehead atoms. The second-order valence-electron chi connectivity index (χ2n) is 5.12. The van der Waals surface area contributed by atoms with Crippen LogP contribution in [0.25, 0.3) is 0 Å². The summed E-state index contributed by atoms with van der Waals surface area (Å²) in [6.45, 7) is 0.897. The number of nitrogens with zero attached hydrogens (tertiary/aromatic N) is 5. The number of tetrazole rings is 1. The van der Waals surface area contributed by atoms with E-state index in [0.717, 1.165) is 18.4 Å². The van der Waals surface area contributed by atoms with Gasteiger partial charge in [0.1, 0.15) is 0 Å². The summed E-state index contributed by atoms with van der Waals surface area (Å²) in [6, 6.07) is 1.33. The van der Waals surface area contributed by atoms with Gasteiger partial charge in [-0.15, -0.1) is 5.10 Å². The van der Waals surface area contributed by atoms with E-state index in [2.05, 4.69) is 27.5 Å². The Balaban J connectivity index is 1.65. The summed E-state index contributed by atoms with van der Waals surface area (Å²) >= 11 is 0. The maximum Gasteiger partial charge on any atom is 0.165 e. The molecule has 0 radical (unpaired) electrons. The van der Waals surface area contributed by atoms with Gasteiger partial charge in [-0.1, -0.05) is 12.8 Å². The van der Waals surface area contributed by atoms with Gasteiger partial charge in [-0.25, -0.2) is 4.68 Å². The lowest BCUT2D eigenvalue weighted by molar-refractivity contribution is 0.227. The van der Waals surface area contributed by atoms with E-state index in [1.54, 1.807) is 0 Å². The van der Waals surface area contributed by atoms with Crippen LogP contribution in [-0.4, -0.2) is 38.2 Å². The second kappa shape index (κ2) is 4.13. The Morgan fingerprint density at radius 1 is 1.25 bits per heavy atom. The molecule has 0 amide bonds. The molecule has 2 saturated carbocycles. The molecule has 5 heteroatoms. The first-order valence-corrected chi connectivity index (χ1v) is 6.31. The zero-order chi connectivity index (χ0) is 11.0. The van der Waals surface area contributed by atoms with Crippen molar-refractivity contribution in [3.05, 3.63) is 5.82 Å². The molecule has 3 rings (SSSR count). The summed E-state index contributed by atoms with van der Waals surface area (Å²) in [7, 11) is 2.20. The summed E-state index contributed by atoms with van der Waals surface area (Å²) in [4.78, 5) is 2.41. The van der Waals surface area contributed by atoms with Gasteiger partial charge in [0.05, 0.1) is 12.6 Å². The van der Waals surface area contributed by atoms with E-state index in [9.17, 15) is 0 Å². The standard InChI is InChI=1S/C11H19N5/c1-15(9-4-2-3-5-9)8-11-12-13-14-16(11)10-6-7-10/h9-10H,2-8H2,1H3.